The van der Waals surface area contributed by atoms with Gasteiger partial charge < -0.3 is 14.7 Å². The fourth-order valence-corrected chi connectivity index (χ4v) is 5.25. The molecular weight excluding hydrogens is 372 g/mol. The second-order valence-electron chi connectivity index (χ2n) is 7.10. The number of ether oxygens (including phenoxy) is 1. The lowest BCUT2D eigenvalue weighted by Gasteiger charge is -2.35. The summed E-state index contributed by atoms with van der Waals surface area (Å²) in [7, 11) is -3.83. The molecule has 2 aliphatic heterocycles. The van der Waals surface area contributed by atoms with Crippen LogP contribution in [0.2, 0.25) is 0 Å². The van der Waals surface area contributed by atoms with Crippen molar-refractivity contribution < 1.29 is 27.9 Å². The van der Waals surface area contributed by atoms with Crippen LogP contribution in [-0.4, -0.2) is 74.0 Å². The van der Waals surface area contributed by atoms with Gasteiger partial charge in [-0.2, -0.15) is 4.31 Å². The molecule has 0 spiro atoms. The fourth-order valence-electron chi connectivity index (χ4n) is 3.66. The number of amides is 1. The second kappa shape index (κ2) is 7.95. The van der Waals surface area contributed by atoms with Gasteiger partial charge >= 0.3 is 5.97 Å². The van der Waals surface area contributed by atoms with Crippen LogP contribution in [-0.2, 0) is 19.6 Å². The number of morpholine rings is 1. The predicted octanol–water partition coefficient (Wildman–Crippen LogP) is 0.890. The van der Waals surface area contributed by atoms with Crippen molar-refractivity contribution in [1.29, 1.82) is 0 Å². The summed E-state index contributed by atoms with van der Waals surface area (Å²) in [5, 5.41) is 9.33. The van der Waals surface area contributed by atoms with Crippen molar-refractivity contribution >= 4 is 21.9 Å². The number of rotatable bonds is 4. The molecule has 2 atom stereocenters. The van der Waals surface area contributed by atoms with E-state index in [9.17, 15) is 23.1 Å². The predicted molar refractivity (Wildman–Crippen MR) is 96.8 cm³/mol. The summed E-state index contributed by atoms with van der Waals surface area (Å²) in [5.74, 6) is -1.98. The van der Waals surface area contributed by atoms with Crippen molar-refractivity contribution in [2.24, 2.45) is 11.8 Å². The van der Waals surface area contributed by atoms with Gasteiger partial charge in [-0.1, -0.05) is 19.1 Å². The normalized spacial score (nSPS) is 24.6. The standard InChI is InChI=1S/C18H24N2O6S/c1-13-10-14(18(22)23)12-19(11-13)17(21)15-4-2-3-5-16(15)27(24,25)20-6-8-26-9-7-20/h2-5,13-14H,6-12H2,1H3,(H,22,23). The Kier molecular flexibility index (Phi) is 5.83. The zero-order valence-electron chi connectivity index (χ0n) is 15.2. The molecule has 2 aliphatic rings. The molecule has 0 radical (unpaired) electrons. The molecule has 8 nitrogen and oxygen atoms in total. The molecule has 2 heterocycles. The Balaban J connectivity index is 1.91. The van der Waals surface area contributed by atoms with E-state index in [1.807, 2.05) is 6.92 Å². The van der Waals surface area contributed by atoms with Gasteiger partial charge in [-0.05, 0) is 24.5 Å². The molecule has 2 unspecified atom stereocenters. The second-order valence-corrected chi connectivity index (χ2v) is 9.01. The largest absolute Gasteiger partial charge is 0.481 e. The molecule has 2 saturated heterocycles. The number of carbonyl (C=O) groups is 2. The van der Waals surface area contributed by atoms with Crippen molar-refractivity contribution in [2.75, 3.05) is 39.4 Å². The first kappa shape index (κ1) is 19.8. The van der Waals surface area contributed by atoms with E-state index in [1.54, 1.807) is 12.1 Å². The molecular formula is C18H24N2O6S. The smallest absolute Gasteiger partial charge is 0.308 e. The molecule has 27 heavy (non-hydrogen) atoms. The van der Waals surface area contributed by atoms with E-state index in [4.69, 9.17) is 4.74 Å². The van der Waals surface area contributed by atoms with Crippen molar-refractivity contribution in [1.82, 2.24) is 9.21 Å². The van der Waals surface area contributed by atoms with Crippen LogP contribution in [0.4, 0.5) is 0 Å². The number of sulfonamides is 1. The van der Waals surface area contributed by atoms with Crippen LogP contribution in [0.25, 0.3) is 0 Å². The number of hydrogen-bond acceptors (Lipinski definition) is 5. The fraction of sp³-hybridized carbons (Fsp3) is 0.556. The summed E-state index contributed by atoms with van der Waals surface area (Å²) in [4.78, 5) is 25.9. The summed E-state index contributed by atoms with van der Waals surface area (Å²) in [6.45, 7) is 3.52. The van der Waals surface area contributed by atoms with Crippen LogP contribution in [0.1, 0.15) is 23.7 Å². The molecule has 3 rings (SSSR count). The minimum atomic E-state index is -3.83. The number of carboxylic acids is 1. The Bertz CT molecular complexity index is 819. The lowest BCUT2D eigenvalue weighted by atomic mass is 9.90. The molecule has 0 bridgehead atoms. The highest BCUT2D eigenvalue weighted by molar-refractivity contribution is 7.89. The maximum atomic E-state index is 13.1. The monoisotopic (exact) mass is 396 g/mol. The third-order valence-corrected chi connectivity index (χ3v) is 6.96. The molecule has 2 fully saturated rings. The first-order valence-electron chi connectivity index (χ1n) is 8.99. The average molecular weight is 396 g/mol. The lowest BCUT2D eigenvalue weighted by molar-refractivity contribution is -0.143. The minimum Gasteiger partial charge on any atom is -0.481 e. The Labute approximate surface area is 158 Å². The van der Waals surface area contributed by atoms with E-state index in [0.29, 0.717) is 26.2 Å². The van der Waals surface area contributed by atoms with Gasteiger partial charge in [0.05, 0.1) is 29.6 Å². The summed E-state index contributed by atoms with van der Waals surface area (Å²) >= 11 is 0. The van der Waals surface area contributed by atoms with Gasteiger partial charge in [-0.3, -0.25) is 9.59 Å². The van der Waals surface area contributed by atoms with Crippen molar-refractivity contribution in [3.63, 3.8) is 0 Å². The SMILES string of the molecule is CC1CC(C(=O)O)CN(C(=O)c2ccccc2S(=O)(=O)N2CCOCC2)C1. The molecule has 1 N–H and O–H groups in total. The topological polar surface area (TPSA) is 104 Å². The molecule has 148 valence electrons. The van der Waals surface area contributed by atoms with Gasteiger partial charge in [-0.15, -0.1) is 0 Å². The zero-order valence-corrected chi connectivity index (χ0v) is 16.0. The Hall–Kier alpha value is -1.97. The first-order chi connectivity index (χ1) is 12.8. The van der Waals surface area contributed by atoms with Crippen LogP contribution < -0.4 is 0 Å². The molecule has 1 aromatic rings. The number of carboxylic acid groups (broad SMARTS) is 1. The van der Waals surface area contributed by atoms with Crippen LogP contribution in [0.5, 0.6) is 0 Å². The Morgan fingerprint density at radius 3 is 2.48 bits per heavy atom. The van der Waals surface area contributed by atoms with Gasteiger partial charge in [0, 0.05) is 26.2 Å². The van der Waals surface area contributed by atoms with Crippen LogP contribution in [0.3, 0.4) is 0 Å². The maximum absolute atomic E-state index is 13.1. The minimum absolute atomic E-state index is 0.0341. The third-order valence-electron chi connectivity index (χ3n) is 5.00. The summed E-state index contributed by atoms with van der Waals surface area (Å²) in [5.41, 5.74) is 0.0854. The van der Waals surface area contributed by atoms with Crippen molar-refractivity contribution in [3.05, 3.63) is 29.8 Å². The summed E-state index contributed by atoms with van der Waals surface area (Å²) in [6, 6.07) is 6.13. The van der Waals surface area contributed by atoms with E-state index >= 15 is 0 Å². The molecule has 0 saturated carbocycles. The number of likely N-dealkylation sites (tertiary alicyclic amines) is 1. The highest BCUT2D eigenvalue weighted by Gasteiger charge is 2.35. The summed E-state index contributed by atoms with van der Waals surface area (Å²) < 4.78 is 32.6. The molecule has 9 heteroatoms. The summed E-state index contributed by atoms with van der Waals surface area (Å²) in [6.07, 6.45) is 0.507. The number of benzene rings is 1. The average Bonchev–Trinajstić information content (AvgIpc) is 2.67. The van der Waals surface area contributed by atoms with Crippen LogP contribution >= 0.6 is 0 Å². The van der Waals surface area contributed by atoms with Crippen LogP contribution in [0.15, 0.2) is 29.2 Å². The lowest BCUT2D eigenvalue weighted by Crippen LogP contribution is -2.46. The Morgan fingerprint density at radius 2 is 1.81 bits per heavy atom. The Morgan fingerprint density at radius 1 is 1.15 bits per heavy atom. The van der Waals surface area contributed by atoms with Crippen molar-refractivity contribution in [2.45, 2.75) is 18.2 Å². The van der Waals surface area contributed by atoms with Crippen LogP contribution in [0, 0.1) is 11.8 Å². The quantitative estimate of drug-likeness (QED) is 0.811. The van der Waals surface area contributed by atoms with Gasteiger partial charge in [0.2, 0.25) is 10.0 Å². The maximum Gasteiger partial charge on any atom is 0.308 e. The van der Waals surface area contributed by atoms with E-state index in [2.05, 4.69) is 0 Å². The van der Waals surface area contributed by atoms with E-state index in [1.165, 1.54) is 21.3 Å². The van der Waals surface area contributed by atoms with Gasteiger partial charge in [-0.25, -0.2) is 8.42 Å². The van der Waals surface area contributed by atoms with Crippen molar-refractivity contribution in [3.8, 4) is 0 Å². The zero-order chi connectivity index (χ0) is 19.6. The highest BCUT2D eigenvalue weighted by atomic mass is 32.2. The number of aliphatic carboxylic acids is 1. The van der Waals surface area contributed by atoms with Gasteiger partial charge in [0.15, 0.2) is 0 Å². The highest BCUT2D eigenvalue weighted by Crippen LogP contribution is 2.27. The van der Waals surface area contributed by atoms with Gasteiger partial charge in [0.25, 0.3) is 5.91 Å². The molecule has 0 aliphatic carbocycles. The van der Waals surface area contributed by atoms with Gasteiger partial charge in [0.1, 0.15) is 0 Å². The first-order valence-corrected chi connectivity index (χ1v) is 10.4. The molecule has 1 amide bonds. The number of piperidine rings is 1. The van der Waals surface area contributed by atoms with E-state index < -0.39 is 27.8 Å². The number of hydrogen-bond donors (Lipinski definition) is 1. The molecule has 1 aromatic carbocycles. The van der Waals surface area contributed by atoms with E-state index in [-0.39, 0.29) is 36.0 Å². The van der Waals surface area contributed by atoms with E-state index in [0.717, 1.165) is 0 Å². The third kappa shape index (κ3) is 4.15. The molecule has 0 aromatic heterocycles. The number of nitrogens with zero attached hydrogens (tertiary/aromatic N) is 2. The number of carbonyl (C=O) groups excluding carboxylic acids is 1.